The smallest absolute Gasteiger partial charge is 0.431 e. The molecule has 1 unspecified atom stereocenters. The summed E-state index contributed by atoms with van der Waals surface area (Å²) in [6.07, 6.45) is -6.30. The number of rotatable bonds is 7. The van der Waals surface area contributed by atoms with E-state index in [1.807, 2.05) is 0 Å². The monoisotopic (exact) mass is 528 g/mol. The Hall–Kier alpha value is -3.77. The number of alkyl halides is 3. The lowest BCUT2D eigenvalue weighted by Crippen LogP contribution is -2.41. The first-order valence-electron chi connectivity index (χ1n) is 10.1. The Morgan fingerprint density at radius 2 is 1.67 bits per heavy atom. The lowest BCUT2D eigenvalue weighted by molar-refractivity contribution is -0.170. The van der Waals surface area contributed by atoms with E-state index in [9.17, 15) is 27.6 Å². The third kappa shape index (κ3) is 5.39. The molecule has 192 valence electrons. The predicted molar refractivity (Wildman–Crippen MR) is 122 cm³/mol. The van der Waals surface area contributed by atoms with E-state index in [0.29, 0.717) is 20.8 Å². The predicted octanol–water partition coefficient (Wildman–Crippen LogP) is 3.83. The summed E-state index contributed by atoms with van der Waals surface area (Å²) in [4.78, 5) is 37.1. The summed E-state index contributed by atoms with van der Waals surface area (Å²) in [7, 11) is 3.29. The lowest BCUT2D eigenvalue weighted by atomic mass is 10.2. The Balaban J connectivity index is 2.09. The first kappa shape index (κ1) is 26.8. The number of methoxy groups -OCH3 is 2. The lowest BCUT2D eigenvalue weighted by Gasteiger charge is -2.19. The molecule has 1 heterocycles. The SMILES string of the molecule is COC(=O)C(OC)Oc1ccccc1Oc1cc(-n2c(=O)cc(C(F)(F)F)n(C)c2=O)c(C)cc1Cl. The Morgan fingerprint density at radius 1 is 1.03 bits per heavy atom. The van der Waals surface area contributed by atoms with Crippen molar-refractivity contribution in [3.8, 4) is 22.9 Å². The number of hydrogen-bond donors (Lipinski definition) is 0. The molecule has 3 rings (SSSR count). The molecule has 0 saturated carbocycles. The van der Waals surface area contributed by atoms with Crippen LogP contribution in [0.5, 0.6) is 17.2 Å². The van der Waals surface area contributed by atoms with E-state index in [4.69, 9.17) is 25.8 Å². The third-order valence-corrected chi connectivity index (χ3v) is 5.31. The van der Waals surface area contributed by atoms with Gasteiger partial charge in [-0.15, -0.1) is 0 Å². The van der Waals surface area contributed by atoms with Gasteiger partial charge in [-0.2, -0.15) is 13.2 Å². The number of carbonyl (C=O) groups excluding carboxylic acids is 1. The normalized spacial score (nSPS) is 12.2. The van der Waals surface area contributed by atoms with Gasteiger partial charge in [0.15, 0.2) is 11.5 Å². The van der Waals surface area contributed by atoms with E-state index in [1.165, 1.54) is 38.3 Å². The summed E-state index contributed by atoms with van der Waals surface area (Å²) in [6.45, 7) is 1.52. The summed E-state index contributed by atoms with van der Waals surface area (Å²) < 4.78 is 61.5. The fourth-order valence-electron chi connectivity index (χ4n) is 3.23. The van der Waals surface area contributed by atoms with Gasteiger partial charge in [-0.1, -0.05) is 23.7 Å². The molecule has 0 radical (unpaired) electrons. The van der Waals surface area contributed by atoms with Gasteiger partial charge < -0.3 is 18.9 Å². The largest absolute Gasteiger partial charge is 0.464 e. The first-order chi connectivity index (χ1) is 16.9. The van der Waals surface area contributed by atoms with Crippen LogP contribution in [0.2, 0.25) is 5.02 Å². The maximum Gasteiger partial charge on any atom is 0.431 e. The van der Waals surface area contributed by atoms with Crippen molar-refractivity contribution < 1.29 is 36.9 Å². The number of para-hydroxylation sites is 2. The van der Waals surface area contributed by atoms with Crippen molar-refractivity contribution in [2.45, 2.75) is 19.4 Å². The van der Waals surface area contributed by atoms with Crippen LogP contribution in [-0.2, 0) is 27.5 Å². The van der Waals surface area contributed by atoms with Crippen LogP contribution in [0, 0.1) is 6.92 Å². The zero-order chi connectivity index (χ0) is 26.8. The molecule has 2 aromatic carbocycles. The van der Waals surface area contributed by atoms with Gasteiger partial charge in [-0.05, 0) is 30.7 Å². The molecule has 0 amide bonds. The van der Waals surface area contributed by atoms with Gasteiger partial charge in [0.2, 0.25) is 0 Å². The van der Waals surface area contributed by atoms with Gasteiger partial charge in [0.25, 0.3) is 11.8 Å². The van der Waals surface area contributed by atoms with Crippen LogP contribution in [0.1, 0.15) is 11.3 Å². The van der Waals surface area contributed by atoms with Gasteiger partial charge in [0, 0.05) is 26.3 Å². The Labute approximate surface area is 207 Å². The van der Waals surface area contributed by atoms with Gasteiger partial charge in [0.05, 0.1) is 17.8 Å². The zero-order valence-corrected chi connectivity index (χ0v) is 20.1. The second kappa shape index (κ2) is 10.5. The van der Waals surface area contributed by atoms with Crippen LogP contribution >= 0.6 is 11.6 Å². The van der Waals surface area contributed by atoms with Crippen molar-refractivity contribution in [3.63, 3.8) is 0 Å². The number of halogens is 4. The molecule has 36 heavy (non-hydrogen) atoms. The molecule has 0 aliphatic heterocycles. The molecular formula is C23H20ClF3N2O7. The molecule has 9 nitrogen and oxygen atoms in total. The van der Waals surface area contributed by atoms with Crippen LogP contribution in [-0.4, -0.2) is 35.6 Å². The molecule has 0 fully saturated rings. The van der Waals surface area contributed by atoms with Gasteiger partial charge in [-0.25, -0.2) is 14.2 Å². The van der Waals surface area contributed by atoms with E-state index in [0.717, 1.165) is 14.2 Å². The van der Waals surface area contributed by atoms with Crippen molar-refractivity contribution in [2.24, 2.45) is 7.05 Å². The Kier molecular flexibility index (Phi) is 7.80. The highest BCUT2D eigenvalue weighted by Crippen LogP contribution is 2.37. The second-order valence-electron chi connectivity index (χ2n) is 7.37. The number of benzene rings is 2. The maximum absolute atomic E-state index is 13.2. The third-order valence-electron chi connectivity index (χ3n) is 5.01. The number of aryl methyl sites for hydroxylation is 1. The van der Waals surface area contributed by atoms with Crippen molar-refractivity contribution in [1.29, 1.82) is 0 Å². The highest BCUT2D eigenvalue weighted by Gasteiger charge is 2.35. The van der Waals surface area contributed by atoms with E-state index < -0.39 is 35.4 Å². The summed E-state index contributed by atoms with van der Waals surface area (Å²) in [5, 5.41) is 0.0686. The quantitative estimate of drug-likeness (QED) is 0.339. The highest BCUT2D eigenvalue weighted by atomic mass is 35.5. The molecule has 0 aliphatic carbocycles. The summed E-state index contributed by atoms with van der Waals surface area (Å²) in [5.41, 5.74) is -3.51. The minimum Gasteiger partial charge on any atom is -0.464 e. The van der Waals surface area contributed by atoms with Crippen LogP contribution in [0.25, 0.3) is 5.69 Å². The molecule has 0 aliphatic rings. The minimum atomic E-state index is -4.90. The molecule has 3 aromatic rings. The van der Waals surface area contributed by atoms with Crippen LogP contribution < -0.4 is 20.7 Å². The number of esters is 1. The summed E-state index contributed by atoms with van der Waals surface area (Å²) >= 11 is 6.31. The molecule has 1 atom stereocenters. The van der Waals surface area contributed by atoms with Crippen molar-refractivity contribution >= 4 is 17.6 Å². The Bertz CT molecular complexity index is 1420. The van der Waals surface area contributed by atoms with Gasteiger partial charge >= 0.3 is 17.8 Å². The molecule has 0 bridgehead atoms. The number of ether oxygens (including phenoxy) is 4. The molecular weight excluding hydrogens is 509 g/mol. The highest BCUT2D eigenvalue weighted by molar-refractivity contribution is 6.32. The maximum atomic E-state index is 13.2. The molecule has 13 heteroatoms. The summed E-state index contributed by atoms with van der Waals surface area (Å²) in [6, 6.07) is 9.10. The topological polar surface area (TPSA) is 98.0 Å². The van der Waals surface area contributed by atoms with E-state index >= 15 is 0 Å². The first-order valence-corrected chi connectivity index (χ1v) is 10.5. The van der Waals surface area contributed by atoms with Gasteiger partial charge in [-0.3, -0.25) is 9.36 Å². The average Bonchev–Trinajstić information content (AvgIpc) is 2.82. The number of hydrogen-bond acceptors (Lipinski definition) is 7. The number of aromatic nitrogens is 2. The minimum absolute atomic E-state index is 0.0450. The Morgan fingerprint density at radius 3 is 2.25 bits per heavy atom. The van der Waals surface area contributed by atoms with Crippen molar-refractivity contribution in [3.05, 3.63) is 79.6 Å². The van der Waals surface area contributed by atoms with Crippen LogP contribution in [0.15, 0.2) is 52.1 Å². The molecule has 0 saturated heterocycles. The number of carbonyl (C=O) groups is 1. The average molecular weight is 529 g/mol. The standard InChI is InChI=1S/C23H20ClF3N2O7/c1-12-9-13(24)17(35-15-7-5-6-8-16(15)36-21(34-4)20(31)33-3)10-14(12)29-19(30)11-18(23(25,26)27)28(2)22(29)32/h5-11,21H,1-4H3. The molecule has 0 spiro atoms. The fourth-order valence-corrected chi connectivity index (χ4v) is 3.49. The second-order valence-corrected chi connectivity index (χ2v) is 7.78. The van der Waals surface area contributed by atoms with E-state index in [-0.39, 0.29) is 28.0 Å². The van der Waals surface area contributed by atoms with Crippen LogP contribution in [0.3, 0.4) is 0 Å². The van der Waals surface area contributed by atoms with Crippen molar-refractivity contribution in [2.75, 3.05) is 14.2 Å². The molecule has 0 N–H and O–H groups in total. The number of nitrogens with zero attached hydrogens (tertiary/aromatic N) is 2. The van der Waals surface area contributed by atoms with E-state index in [2.05, 4.69) is 4.74 Å². The summed E-state index contributed by atoms with van der Waals surface area (Å²) in [5.74, 6) is -0.710. The van der Waals surface area contributed by atoms with E-state index in [1.54, 1.807) is 12.1 Å². The molecule has 1 aromatic heterocycles. The van der Waals surface area contributed by atoms with Crippen LogP contribution in [0.4, 0.5) is 13.2 Å². The van der Waals surface area contributed by atoms with Crippen molar-refractivity contribution in [1.82, 2.24) is 9.13 Å². The zero-order valence-electron chi connectivity index (χ0n) is 19.4. The van der Waals surface area contributed by atoms with Gasteiger partial charge in [0.1, 0.15) is 11.4 Å². The fraction of sp³-hybridized carbons (Fsp3) is 0.261.